The van der Waals surface area contributed by atoms with Crippen LogP contribution in [0.3, 0.4) is 0 Å². The molecule has 3 aromatic carbocycles. The van der Waals surface area contributed by atoms with Crippen LogP contribution < -0.4 is 5.32 Å². The third-order valence-corrected chi connectivity index (χ3v) is 7.73. The Morgan fingerprint density at radius 3 is 2.76 bits per heavy atom. The summed E-state index contributed by atoms with van der Waals surface area (Å²) in [5.41, 5.74) is 2.44. The summed E-state index contributed by atoms with van der Waals surface area (Å²) in [4.78, 5) is 13.0. The Morgan fingerprint density at radius 1 is 1.06 bits per heavy atom. The third-order valence-electron chi connectivity index (χ3n) is 6.59. The fourth-order valence-electron chi connectivity index (χ4n) is 4.73. The van der Waals surface area contributed by atoms with Gasteiger partial charge in [-0.3, -0.25) is 4.79 Å². The van der Waals surface area contributed by atoms with Crippen molar-refractivity contribution in [1.82, 2.24) is 0 Å². The molecule has 2 aliphatic carbocycles. The predicted molar refractivity (Wildman–Crippen MR) is 133 cm³/mol. The summed E-state index contributed by atoms with van der Waals surface area (Å²) >= 11 is 1.71. The summed E-state index contributed by atoms with van der Waals surface area (Å²) in [6.45, 7) is 0. The number of para-hydroxylation sites is 1. The van der Waals surface area contributed by atoms with Crippen LogP contribution in [0.2, 0.25) is 0 Å². The van der Waals surface area contributed by atoms with Crippen LogP contribution >= 0.6 is 11.8 Å². The zero-order valence-electron chi connectivity index (χ0n) is 17.7. The quantitative estimate of drug-likeness (QED) is 0.421. The van der Waals surface area contributed by atoms with Crippen molar-refractivity contribution in [1.29, 1.82) is 0 Å². The smallest absolute Gasteiger partial charge is 0.259 e. The van der Waals surface area contributed by atoms with Crippen LogP contribution in [0.5, 0.6) is 5.75 Å². The Bertz CT molecular complexity index is 1410. The van der Waals surface area contributed by atoms with Gasteiger partial charge in [0.15, 0.2) is 5.75 Å². The Balaban J connectivity index is 1.42. The molecule has 1 saturated carbocycles. The van der Waals surface area contributed by atoms with Crippen molar-refractivity contribution >= 4 is 39.8 Å². The molecule has 33 heavy (non-hydrogen) atoms. The summed E-state index contributed by atoms with van der Waals surface area (Å²) in [7, 11) is 0. The summed E-state index contributed by atoms with van der Waals surface area (Å²) in [6.07, 6.45) is 9.71. The highest BCUT2D eigenvalue weighted by Gasteiger charge is 2.57. The standard InChI is InChI=1S/C27H21N3O2S/c31-24-21(25(32)28-19-9-2-1-3-10-19)14-17-8-4-5-11-20(17)23(24)29-30-26-22-12-6-7-13-27(22)15-18(27)16-33-26/h1-14,18,31H,15-16H2,(H,28,32). The Morgan fingerprint density at radius 2 is 1.88 bits per heavy atom. The molecule has 0 saturated heterocycles. The number of anilines is 1. The highest BCUT2D eigenvalue weighted by molar-refractivity contribution is 8.03. The van der Waals surface area contributed by atoms with Crippen LogP contribution in [-0.4, -0.2) is 16.8 Å². The first-order valence-corrected chi connectivity index (χ1v) is 11.9. The number of aromatic hydroxyl groups is 1. The van der Waals surface area contributed by atoms with E-state index in [1.807, 2.05) is 48.5 Å². The molecule has 2 atom stereocenters. The Labute approximate surface area is 195 Å². The van der Waals surface area contributed by atoms with Crippen molar-refractivity contribution in [3.8, 4) is 5.75 Å². The highest BCUT2D eigenvalue weighted by atomic mass is 32.2. The molecule has 2 unspecified atom stereocenters. The Kier molecular flexibility index (Phi) is 4.69. The van der Waals surface area contributed by atoms with E-state index in [2.05, 4.69) is 33.8 Å². The average molecular weight is 452 g/mol. The minimum atomic E-state index is -0.393. The van der Waals surface area contributed by atoms with Gasteiger partial charge in [0.1, 0.15) is 10.7 Å². The fourth-order valence-corrected chi connectivity index (χ4v) is 6.02. The van der Waals surface area contributed by atoms with Gasteiger partial charge in [0.2, 0.25) is 0 Å². The number of fused-ring (bicyclic) bond motifs is 1. The molecular formula is C27H21N3O2S. The number of rotatable bonds is 4. The molecule has 6 rings (SSSR count). The number of carbonyl (C=O) groups excluding carboxylic acids is 1. The van der Waals surface area contributed by atoms with Gasteiger partial charge in [0.25, 0.3) is 5.91 Å². The molecular weight excluding hydrogens is 430 g/mol. The molecule has 2 N–H and O–H groups in total. The third kappa shape index (κ3) is 3.38. The van der Waals surface area contributed by atoms with Gasteiger partial charge in [-0.25, -0.2) is 0 Å². The van der Waals surface area contributed by atoms with Gasteiger partial charge in [0.05, 0.1) is 5.56 Å². The molecule has 1 heterocycles. The maximum atomic E-state index is 13.0. The number of hydrogen-bond donors (Lipinski definition) is 2. The molecule has 0 bridgehead atoms. The van der Waals surface area contributed by atoms with Crippen LogP contribution in [-0.2, 0) is 0 Å². The van der Waals surface area contributed by atoms with Gasteiger partial charge in [0, 0.05) is 22.2 Å². The Hall–Kier alpha value is -3.64. The van der Waals surface area contributed by atoms with E-state index in [0.717, 1.165) is 28.0 Å². The predicted octanol–water partition coefficient (Wildman–Crippen LogP) is 6.97. The molecule has 1 aliphatic heterocycles. The number of carbonyl (C=O) groups is 1. The van der Waals surface area contributed by atoms with Crippen LogP contribution in [0, 0.1) is 11.3 Å². The topological polar surface area (TPSA) is 74.0 Å². The van der Waals surface area contributed by atoms with Crippen LogP contribution in [0.1, 0.15) is 16.8 Å². The molecule has 3 aromatic rings. The van der Waals surface area contributed by atoms with Crippen molar-refractivity contribution in [3.63, 3.8) is 0 Å². The van der Waals surface area contributed by atoms with E-state index >= 15 is 0 Å². The summed E-state index contributed by atoms with van der Waals surface area (Å²) in [5.74, 6) is 1.12. The maximum absolute atomic E-state index is 13.0. The lowest BCUT2D eigenvalue weighted by atomic mass is 9.89. The number of allylic oxidation sites excluding steroid dienone is 5. The molecule has 1 amide bonds. The fraction of sp³-hybridized carbons (Fsp3) is 0.148. The van der Waals surface area contributed by atoms with Crippen molar-refractivity contribution in [2.24, 2.45) is 21.6 Å². The molecule has 6 heteroatoms. The molecule has 1 fully saturated rings. The van der Waals surface area contributed by atoms with Gasteiger partial charge in [-0.05, 0) is 41.5 Å². The van der Waals surface area contributed by atoms with E-state index in [0.29, 0.717) is 17.3 Å². The zero-order valence-corrected chi connectivity index (χ0v) is 18.5. The van der Waals surface area contributed by atoms with E-state index in [-0.39, 0.29) is 16.7 Å². The average Bonchev–Trinajstić information content (AvgIpc) is 3.56. The first kappa shape index (κ1) is 20.0. The normalized spacial score (nSPS) is 23.0. The monoisotopic (exact) mass is 451 g/mol. The van der Waals surface area contributed by atoms with Gasteiger partial charge in [-0.15, -0.1) is 22.0 Å². The van der Waals surface area contributed by atoms with Crippen molar-refractivity contribution in [2.75, 3.05) is 11.1 Å². The zero-order chi connectivity index (χ0) is 22.4. The molecule has 0 radical (unpaired) electrons. The van der Waals surface area contributed by atoms with Crippen molar-refractivity contribution in [3.05, 3.63) is 101 Å². The van der Waals surface area contributed by atoms with E-state index in [1.54, 1.807) is 30.0 Å². The number of azo groups is 1. The number of hydrogen-bond acceptors (Lipinski definition) is 5. The first-order chi connectivity index (χ1) is 16.2. The number of phenols is 1. The number of nitrogens with zero attached hydrogens (tertiary/aromatic N) is 2. The molecule has 1 spiro atoms. The van der Waals surface area contributed by atoms with Gasteiger partial charge in [-0.2, -0.15) is 0 Å². The van der Waals surface area contributed by atoms with E-state index < -0.39 is 5.91 Å². The number of benzene rings is 3. The minimum absolute atomic E-state index is 0.107. The van der Waals surface area contributed by atoms with Crippen LogP contribution in [0.4, 0.5) is 11.4 Å². The molecule has 5 nitrogen and oxygen atoms in total. The second kappa shape index (κ2) is 7.74. The molecule has 0 aromatic heterocycles. The van der Waals surface area contributed by atoms with Gasteiger partial charge < -0.3 is 10.4 Å². The SMILES string of the molecule is O=C(Nc1ccccc1)c1cc2ccccc2c(N=NC2=C3C=CC=CC34CC4CS2)c1O. The number of amides is 1. The first-order valence-electron chi connectivity index (χ1n) is 10.9. The van der Waals surface area contributed by atoms with Crippen LogP contribution in [0.25, 0.3) is 10.8 Å². The number of phenolic OH excluding ortho intramolecular Hbond substituents is 1. The lowest BCUT2D eigenvalue weighted by Gasteiger charge is -2.23. The summed E-state index contributed by atoms with van der Waals surface area (Å²) < 4.78 is 0. The van der Waals surface area contributed by atoms with Crippen molar-refractivity contribution < 1.29 is 9.90 Å². The second-order valence-electron chi connectivity index (χ2n) is 8.55. The number of nitrogens with one attached hydrogen (secondary N) is 1. The van der Waals surface area contributed by atoms with Crippen LogP contribution in [0.15, 0.2) is 106 Å². The number of thioether (sulfide) groups is 1. The largest absolute Gasteiger partial charge is 0.505 e. The van der Waals surface area contributed by atoms with Crippen molar-refractivity contribution in [2.45, 2.75) is 6.42 Å². The molecule has 3 aliphatic rings. The minimum Gasteiger partial charge on any atom is -0.505 e. The van der Waals surface area contributed by atoms with Gasteiger partial charge >= 0.3 is 0 Å². The summed E-state index contributed by atoms with van der Waals surface area (Å²) in [5, 5.41) is 25.5. The van der Waals surface area contributed by atoms with Gasteiger partial charge in [-0.1, -0.05) is 66.8 Å². The molecule has 162 valence electrons. The summed E-state index contributed by atoms with van der Waals surface area (Å²) in [6, 6.07) is 18.5. The highest BCUT2D eigenvalue weighted by Crippen LogP contribution is 2.66. The lowest BCUT2D eigenvalue weighted by Crippen LogP contribution is -2.12. The lowest BCUT2D eigenvalue weighted by molar-refractivity contribution is 0.102. The second-order valence-corrected chi connectivity index (χ2v) is 9.56. The van der Waals surface area contributed by atoms with E-state index in [1.165, 1.54) is 5.57 Å². The van der Waals surface area contributed by atoms with E-state index in [9.17, 15) is 9.90 Å². The van der Waals surface area contributed by atoms with E-state index in [4.69, 9.17) is 0 Å². The maximum Gasteiger partial charge on any atom is 0.259 e.